The molecule has 0 unspecified atom stereocenters. The minimum absolute atomic E-state index is 0.0401. The van der Waals surface area contributed by atoms with Gasteiger partial charge < -0.3 is 15.7 Å². The van der Waals surface area contributed by atoms with Gasteiger partial charge in [-0.1, -0.05) is 15.9 Å². The van der Waals surface area contributed by atoms with E-state index in [0.717, 1.165) is 12.1 Å². The van der Waals surface area contributed by atoms with Crippen molar-refractivity contribution in [3.05, 3.63) is 58.6 Å². The van der Waals surface area contributed by atoms with Crippen LogP contribution in [0, 0.1) is 11.6 Å². The summed E-state index contributed by atoms with van der Waals surface area (Å²) in [5.74, 6) is -1.68. The van der Waals surface area contributed by atoms with Crippen LogP contribution in [-0.2, 0) is 0 Å². The van der Waals surface area contributed by atoms with E-state index in [0.29, 0.717) is 23.0 Å². The number of anilines is 2. The lowest BCUT2D eigenvalue weighted by atomic mass is 10.1. The van der Waals surface area contributed by atoms with E-state index >= 15 is 0 Å². The predicted molar refractivity (Wildman–Crippen MR) is 101 cm³/mol. The molecule has 0 saturated carbocycles. The van der Waals surface area contributed by atoms with E-state index in [1.54, 1.807) is 7.05 Å². The first-order chi connectivity index (χ1) is 12.3. The summed E-state index contributed by atoms with van der Waals surface area (Å²) in [5.41, 5.74) is 1.04. The number of amides is 2. The molecule has 0 fully saturated rings. The van der Waals surface area contributed by atoms with Crippen molar-refractivity contribution in [1.29, 1.82) is 0 Å². The van der Waals surface area contributed by atoms with Gasteiger partial charge in [-0.25, -0.2) is 13.6 Å². The average molecular weight is 425 g/mol. The smallest absolute Gasteiger partial charge is 0.323 e. The standard InChI is InChI=1S/C17H15BrF2N4O2/c1-21-24(2)15(9-18)12-8-11(4-6-16(12)25)22-17(26)23-14-5-3-10(19)7-13(14)20/h3-9,25H,1H2,2H3,(H2,22,23,26)/b15-9+. The quantitative estimate of drug-likeness (QED) is 0.374. The summed E-state index contributed by atoms with van der Waals surface area (Å²) in [6.07, 6.45) is 0. The van der Waals surface area contributed by atoms with Gasteiger partial charge in [-0.15, -0.1) is 0 Å². The van der Waals surface area contributed by atoms with Crippen LogP contribution in [0.3, 0.4) is 0 Å². The topological polar surface area (TPSA) is 77.0 Å². The molecule has 0 saturated heterocycles. The number of nitrogens with one attached hydrogen (secondary N) is 2. The molecule has 0 aliphatic heterocycles. The molecule has 0 aliphatic rings. The number of urea groups is 1. The number of hydrogen-bond acceptors (Lipinski definition) is 4. The fraction of sp³-hybridized carbons (Fsp3) is 0.0588. The van der Waals surface area contributed by atoms with Crippen molar-refractivity contribution in [3.63, 3.8) is 0 Å². The van der Waals surface area contributed by atoms with Gasteiger partial charge in [0.05, 0.1) is 11.4 Å². The fourth-order valence-electron chi connectivity index (χ4n) is 2.07. The monoisotopic (exact) mass is 424 g/mol. The highest BCUT2D eigenvalue weighted by Gasteiger charge is 2.14. The summed E-state index contributed by atoms with van der Waals surface area (Å²) in [5, 5.41) is 20.0. The van der Waals surface area contributed by atoms with E-state index in [1.807, 2.05) is 0 Å². The average Bonchev–Trinajstić information content (AvgIpc) is 2.60. The third kappa shape index (κ3) is 4.57. The molecular weight excluding hydrogens is 410 g/mol. The number of phenols is 1. The Morgan fingerprint density at radius 3 is 2.62 bits per heavy atom. The molecule has 0 bridgehead atoms. The molecule has 2 aromatic carbocycles. The summed E-state index contributed by atoms with van der Waals surface area (Å²) in [4.78, 5) is 13.6. The molecule has 2 rings (SSSR count). The van der Waals surface area contributed by atoms with E-state index < -0.39 is 17.7 Å². The van der Waals surface area contributed by atoms with E-state index in [2.05, 4.69) is 38.4 Å². The van der Waals surface area contributed by atoms with Crippen LogP contribution in [0.15, 0.2) is 46.5 Å². The van der Waals surface area contributed by atoms with E-state index in [1.165, 1.54) is 28.2 Å². The fourth-order valence-corrected chi connectivity index (χ4v) is 2.62. The third-order valence-electron chi connectivity index (χ3n) is 3.37. The molecule has 9 heteroatoms. The minimum Gasteiger partial charge on any atom is -0.507 e. The number of benzene rings is 2. The number of rotatable bonds is 5. The molecular formula is C17H15BrF2N4O2. The van der Waals surface area contributed by atoms with Crippen molar-refractivity contribution in [2.24, 2.45) is 5.10 Å². The van der Waals surface area contributed by atoms with Crippen LogP contribution < -0.4 is 10.6 Å². The zero-order valence-corrected chi connectivity index (χ0v) is 15.2. The van der Waals surface area contributed by atoms with E-state index in [4.69, 9.17) is 0 Å². The highest BCUT2D eigenvalue weighted by atomic mass is 79.9. The van der Waals surface area contributed by atoms with Crippen molar-refractivity contribution >= 4 is 45.8 Å². The molecule has 0 aliphatic carbocycles. The lowest BCUT2D eigenvalue weighted by Crippen LogP contribution is -2.20. The Morgan fingerprint density at radius 1 is 1.27 bits per heavy atom. The van der Waals surface area contributed by atoms with Crippen LogP contribution in [0.1, 0.15) is 5.56 Å². The lowest BCUT2D eigenvalue weighted by molar-refractivity contribution is 0.262. The number of phenolic OH excluding ortho intramolecular Hbond substituents is 1. The first kappa shape index (κ1) is 19.4. The molecule has 2 aromatic rings. The largest absolute Gasteiger partial charge is 0.507 e. The Hall–Kier alpha value is -2.94. The Balaban J connectivity index is 2.20. The molecule has 0 heterocycles. The Bertz CT molecular complexity index is 874. The van der Waals surface area contributed by atoms with Crippen LogP contribution in [0.4, 0.5) is 25.0 Å². The number of nitrogens with zero attached hydrogens (tertiary/aromatic N) is 2. The van der Waals surface area contributed by atoms with Crippen LogP contribution in [0.5, 0.6) is 5.75 Å². The second kappa shape index (κ2) is 8.43. The van der Waals surface area contributed by atoms with Crippen LogP contribution in [-0.4, -0.2) is 29.9 Å². The number of carbonyl (C=O) groups is 1. The molecule has 26 heavy (non-hydrogen) atoms. The maximum absolute atomic E-state index is 13.6. The van der Waals surface area contributed by atoms with Crippen molar-refractivity contribution in [2.75, 3.05) is 17.7 Å². The first-order valence-electron chi connectivity index (χ1n) is 7.23. The number of hydrazone groups is 1. The number of halogens is 3. The van der Waals surface area contributed by atoms with Gasteiger partial charge in [0, 0.05) is 36.1 Å². The zero-order chi connectivity index (χ0) is 19.3. The number of aromatic hydroxyl groups is 1. The summed E-state index contributed by atoms with van der Waals surface area (Å²) in [6.45, 7) is 3.41. The number of hydrogen-bond donors (Lipinski definition) is 3. The predicted octanol–water partition coefficient (Wildman–Crippen LogP) is 4.56. The van der Waals surface area contributed by atoms with Crippen molar-refractivity contribution in [2.45, 2.75) is 0 Å². The normalized spacial score (nSPS) is 11.0. The van der Waals surface area contributed by atoms with Gasteiger partial charge in [-0.3, -0.25) is 5.01 Å². The second-order valence-electron chi connectivity index (χ2n) is 5.09. The van der Waals surface area contributed by atoms with E-state index in [-0.39, 0.29) is 11.4 Å². The second-order valence-corrected chi connectivity index (χ2v) is 5.55. The molecule has 136 valence electrons. The van der Waals surface area contributed by atoms with Gasteiger partial charge in [0.1, 0.15) is 17.4 Å². The Kier molecular flexibility index (Phi) is 6.29. The maximum atomic E-state index is 13.6. The highest BCUT2D eigenvalue weighted by molar-refractivity contribution is 9.11. The van der Waals surface area contributed by atoms with E-state index in [9.17, 15) is 18.7 Å². The molecule has 0 radical (unpaired) electrons. The van der Waals surface area contributed by atoms with Gasteiger partial charge in [0.2, 0.25) is 0 Å². The van der Waals surface area contributed by atoms with Crippen molar-refractivity contribution in [1.82, 2.24) is 5.01 Å². The van der Waals surface area contributed by atoms with Crippen molar-refractivity contribution < 1.29 is 18.7 Å². The van der Waals surface area contributed by atoms with Gasteiger partial charge in [0.15, 0.2) is 0 Å². The Labute approximate surface area is 157 Å². The molecule has 3 N–H and O–H groups in total. The highest BCUT2D eigenvalue weighted by Crippen LogP contribution is 2.31. The third-order valence-corrected chi connectivity index (χ3v) is 3.81. The van der Waals surface area contributed by atoms with Crippen molar-refractivity contribution in [3.8, 4) is 5.75 Å². The zero-order valence-electron chi connectivity index (χ0n) is 13.6. The van der Waals surface area contributed by atoms with Gasteiger partial charge >= 0.3 is 6.03 Å². The number of carbonyl (C=O) groups excluding carboxylic acids is 1. The van der Waals surface area contributed by atoms with Gasteiger partial charge in [-0.05, 0) is 30.3 Å². The van der Waals surface area contributed by atoms with Gasteiger partial charge in [-0.2, -0.15) is 5.10 Å². The first-order valence-corrected chi connectivity index (χ1v) is 8.14. The van der Waals surface area contributed by atoms with Crippen LogP contribution in [0.25, 0.3) is 5.70 Å². The Morgan fingerprint density at radius 2 is 2.00 bits per heavy atom. The maximum Gasteiger partial charge on any atom is 0.323 e. The lowest BCUT2D eigenvalue weighted by Gasteiger charge is -2.18. The summed E-state index contributed by atoms with van der Waals surface area (Å²) < 4.78 is 26.5. The summed E-state index contributed by atoms with van der Waals surface area (Å²) >= 11 is 3.19. The molecule has 6 nitrogen and oxygen atoms in total. The van der Waals surface area contributed by atoms with Crippen LogP contribution >= 0.6 is 15.9 Å². The minimum atomic E-state index is -0.894. The van der Waals surface area contributed by atoms with Gasteiger partial charge in [0.25, 0.3) is 0 Å². The SMILES string of the molecule is C=NN(C)/C(=C/Br)c1cc(NC(=O)Nc2ccc(F)cc2F)ccc1O. The molecule has 0 aromatic heterocycles. The molecule has 0 atom stereocenters. The molecule has 2 amide bonds. The van der Waals surface area contributed by atoms with Crippen LogP contribution in [0.2, 0.25) is 0 Å². The molecule has 0 spiro atoms. The summed E-state index contributed by atoms with van der Waals surface area (Å²) in [6, 6.07) is 6.44. The summed E-state index contributed by atoms with van der Waals surface area (Å²) in [7, 11) is 1.63.